The molecular weight excluding hydrogens is 368 g/mol. The Labute approximate surface area is 132 Å². The van der Waals surface area contributed by atoms with Crippen LogP contribution in [-0.4, -0.2) is 9.55 Å². The highest BCUT2D eigenvalue weighted by Gasteiger charge is 2.16. The van der Waals surface area contributed by atoms with Gasteiger partial charge in [-0.05, 0) is 40.2 Å². The quantitative estimate of drug-likeness (QED) is 0.620. The van der Waals surface area contributed by atoms with E-state index in [-0.39, 0.29) is 11.8 Å². The summed E-state index contributed by atoms with van der Waals surface area (Å²) in [6.45, 7) is 0. The summed E-state index contributed by atoms with van der Waals surface area (Å²) in [5, 5.41) is 0.679. The van der Waals surface area contributed by atoms with Gasteiger partial charge >= 0.3 is 0 Å². The number of aromatic nitrogens is 2. The van der Waals surface area contributed by atoms with Crippen LogP contribution in [0.4, 0.5) is 10.3 Å². The van der Waals surface area contributed by atoms with Gasteiger partial charge in [-0.15, -0.1) is 0 Å². The minimum Gasteiger partial charge on any atom is -0.369 e. The van der Waals surface area contributed by atoms with Gasteiger partial charge in [0.2, 0.25) is 5.95 Å². The molecule has 0 bridgehead atoms. The van der Waals surface area contributed by atoms with Crippen LogP contribution in [0.25, 0.3) is 16.7 Å². The van der Waals surface area contributed by atoms with Crippen molar-refractivity contribution in [1.82, 2.24) is 9.55 Å². The summed E-state index contributed by atoms with van der Waals surface area (Å²) in [5.41, 5.74) is 7.57. The number of hydrogen-bond acceptors (Lipinski definition) is 2. The van der Waals surface area contributed by atoms with E-state index in [9.17, 15) is 4.39 Å². The van der Waals surface area contributed by atoms with Crippen LogP contribution in [0.15, 0.2) is 34.8 Å². The molecule has 0 aliphatic heterocycles. The zero-order chi connectivity index (χ0) is 14.4. The van der Waals surface area contributed by atoms with Crippen molar-refractivity contribution in [2.75, 3.05) is 5.73 Å². The van der Waals surface area contributed by atoms with Crippen molar-refractivity contribution in [3.63, 3.8) is 0 Å². The number of anilines is 1. The molecule has 0 spiro atoms. The topological polar surface area (TPSA) is 43.8 Å². The SMILES string of the molecule is Nc1nc2ccc(F)cc2n1-c1ccc(Br)c(Cl)c1Cl. The Hall–Kier alpha value is -1.30. The van der Waals surface area contributed by atoms with Crippen LogP contribution in [0.1, 0.15) is 0 Å². The minimum atomic E-state index is -0.377. The first-order valence-corrected chi connectivity index (χ1v) is 7.11. The van der Waals surface area contributed by atoms with E-state index in [1.807, 2.05) is 0 Å². The molecule has 20 heavy (non-hydrogen) atoms. The van der Waals surface area contributed by atoms with Crippen molar-refractivity contribution in [2.45, 2.75) is 0 Å². The number of nitrogen functional groups attached to an aromatic ring is 1. The molecular formula is C13H7BrCl2FN3. The van der Waals surface area contributed by atoms with E-state index in [2.05, 4.69) is 20.9 Å². The number of rotatable bonds is 1. The van der Waals surface area contributed by atoms with Crippen molar-refractivity contribution in [3.05, 3.63) is 50.7 Å². The lowest BCUT2D eigenvalue weighted by atomic mass is 10.2. The maximum atomic E-state index is 13.4. The van der Waals surface area contributed by atoms with Crippen LogP contribution >= 0.6 is 39.1 Å². The molecule has 0 amide bonds. The summed E-state index contributed by atoms with van der Waals surface area (Å²) < 4.78 is 15.7. The molecule has 0 atom stereocenters. The molecule has 0 saturated heterocycles. The van der Waals surface area contributed by atoms with Crippen molar-refractivity contribution in [2.24, 2.45) is 0 Å². The van der Waals surface area contributed by atoms with Crippen molar-refractivity contribution in [1.29, 1.82) is 0 Å². The number of fused-ring (bicyclic) bond motifs is 1. The van der Waals surface area contributed by atoms with Gasteiger partial charge in [0.25, 0.3) is 0 Å². The summed E-state index contributed by atoms with van der Waals surface area (Å²) in [5.74, 6) is -0.163. The first kappa shape index (κ1) is 13.7. The molecule has 102 valence electrons. The van der Waals surface area contributed by atoms with Crippen molar-refractivity contribution in [3.8, 4) is 5.69 Å². The minimum absolute atomic E-state index is 0.214. The molecule has 0 aliphatic carbocycles. The van der Waals surface area contributed by atoms with E-state index in [4.69, 9.17) is 28.9 Å². The molecule has 2 aromatic carbocycles. The van der Waals surface area contributed by atoms with Gasteiger partial charge in [-0.2, -0.15) is 0 Å². The number of imidazole rings is 1. The number of benzene rings is 2. The second-order valence-corrected chi connectivity index (χ2v) is 5.74. The molecule has 0 radical (unpaired) electrons. The average molecular weight is 375 g/mol. The van der Waals surface area contributed by atoms with E-state index >= 15 is 0 Å². The number of hydrogen-bond donors (Lipinski definition) is 1. The van der Waals surface area contributed by atoms with Crippen molar-refractivity contribution < 1.29 is 4.39 Å². The van der Waals surface area contributed by atoms with Crippen LogP contribution in [0, 0.1) is 5.82 Å². The normalized spacial score (nSPS) is 11.2. The van der Waals surface area contributed by atoms with E-state index in [1.165, 1.54) is 12.1 Å². The van der Waals surface area contributed by atoms with Gasteiger partial charge in [0.05, 0.1) is 26.8 Å². The Balaban J connectivity index is 2.37. The smallest absolute Gasteiger partial charge is 0.205 e. The second-order valence-electron chi connectivity index (χ2n) is 4.13. The number of nitrogens with two attached hydrogens (primary N) is 1. The summed E-state index contributed by atoms with van der Waals surface area (Å²) in [6, 6.07) is 7.72. The number of halogens is 4. The van der Waals surface area contributed by atoms with E-state index in [1.54, 1.807) is 22.8 Å². The van der Waals surface area contributed by atoms with Crippen LogP contribution in [0.5, 0.6) is 0 Å². The van der Waals surface area contributed by atoms with Gasteiger partial charge < -0.3 is 5.73 Å². The summed E-state index contributed by atoms with van der Waals surface area (Å²) in [4.78, 5) is 4.18. The Morgan fingerprint density at radius 3 is 2.65 bits per heavy atom. The monoisotopic (exact) mass is 373 g/mol. The Bertz CT molecular complexity index is 832. The fourth-order valence-electron chi connectivity index (χ4n) is 2.01. The molecule has 1 aromatic heterocycles. The zero-order valence-electron chi connectivity index (χ0n) is 9.87. The maximum Gasteiger partial charge on any atom is 0.205 e. The predicted octanol–water partition coefficient (Wildman–Crippen LogP) is 4.82. The highest BCUT2D eigenvalue weighted by molar-refractivity contribution is 9.10. The number of nitrogens with zero attached hydrogens (tertiary/aromatic N) is 2. The predicted molar refractivity (Wildman–Crippen MR) is 83.2 cm³/mol. The van der Waals surface area contributed by atoms with Gasteiger partial charge in [-0.3, -0.25) is 4.57 Å². The lowest BCUT2D eigenvalue weighted by Gasteiger charge is -2.11. The van der Waals surface area contributed by atoms with E-state index < -0.39 is 0 Å². The van der Waals surface area contributed by atoms with Crippen LogP contribution < -0.4 is 5.73 Å². The Kier molecular flexibility index (Phi) is 3.36. The molecule has 0 saturated carbocycles. The summed E-state index contributed by atoms with van der Waals surface area (Å²) in [7, 11) is 0. The molecule has 0 fully saturated rings. The molecule has 1 heterocycles. The molecule has 3 rings (SSSR count). The van der Waals surface area contributed by atoms with Crippen LogP contribution in [0.2, 0.25) is 10.0 Å². The molecule has 0 unspecified atom stereocenters. The van der Waals surface area contributed by atoms with E-state index in [0.717, 1.165) is 0 Å². The summed E-state index contributed by atoms with van der Waals surface area (Å²) >= 11 is 15.6. The zero-order valence-corrected chi connectivity index (χ0v) is 13.0. The molecule has 3 nitrogen and oxygen atoms in total. The van der Waals surface area contributed by atoms with Gasteiger partial charge in [0, 0.05) is 10.5 Å². The third-order valence-electron chi connectivity index (χ3n) is 2.90. The molecule has 7 heteroatoms. The van der Waals surface area contributed by atoms with Gasteiger partial charge in [0.15, 0.2) is 0 Å². The molecule has 3 aromatic rings. The lowest BCUT2D eigenvalue weighted by molar-refractivity contribution is 0.629. The van der Waals surface area contributed by atoms with Crippen LogP contribution in [-0.2, 0) is 0 Å². The van der Waals surface area contributed by atoms with Crippen molar-refractivity contribution >= 4 is 56.1 Å². The highest BCUT2D eigenvalue weighted by atomic mass is 79.9. The fourth-order valence-corrected chi connectivity index (χ4v) is 2.86. The Morgan fingerprint density at radius 1 is 1.15 bits per heavy atom. The van der Waals surface area contributed by atoms with Crippen LogP contribution in [0.3, 0.4) is 0 Å². The largest absolute Gasteiger partial charge is 0.369 e. The lowest BCUT2D eigenvalue weighted by Crippen LogP contribution is -2.01. The average Bonchev–Trinajstić information content (AvgIpc) is 2.72. The third kappa shape index (κ3) is 2.06. The van der Waals surface area contributed by atoms with Gasteiger partial charge in [-0.1, -0.05) is 23.2 Å². The first-order chi connectivity index (χ1) is 9.49. The van der Waals surface area contributed by atoms with Gasteiger partial charge in [-0.25, -0.2) is 9.37 Å². The fraction of sp³-hybridized carbons (Fsp3) is 0. The van der Waals surface area contributed by atoms with E-state index in [0.29, 0.717) is 31.2 Å². The maximum absolute atomic E-state index is 13.4. The molecule has 0 aliphatic rings. The Morgan fingerprint density at radius 2 is 1.90 bits per heavy atom. The van der Waals surface area contributed by atoms with Gasteiger partial charge in [0.1, 0.15) is 5.82 Å². The first-order valence-electron chi connectivity index (χ1n) is 5.56. The summed E-state index contributed by atoms with van der Waals surface area (Å²) in [6.07, 6.45) is 0. The molecule has 2 N–H and O–H groups in total. The highest BCUT2D eigenvalue weighted by Crippen LogP contribution is 2.37. The third-order valence-corrected chi connectivity index (χ3v) is 4.66. The second kappa shape index (κ2) is 4.91. The standard InChI is InChI=1S/C13H7BrCl2FN3/c14-7-2-4-9(12(16)11(7)15)20-10-5-6(17)1-3-8(10)19-13(20)18/h1-5H,(H2,18,19).